The van der Waals surface area contributed by atoms with E-state index in [1.54, 1.807) is 0 Å². The number of aliphatic hydroxyl groups excluding tert-OH is 1. The molecule has 0 bridgehead atoms. The Labute approximate surface area is 212 Å². The van der Waals surface area contributed by atoms with Gasteiger partial charge in [-0.25, -0.2) is 14.4 Å². The Morgan fingerprint density at radius 1 is 0.657 bits per heavy atom. The maximum Gasteiger partial charge on any atom is 0.330 e. The highest BCUT2D eigenvalue weighted by atomic mass is 16.5. The molecule has 0 heterocycles. The van der Waals surface area contributed by atoms with Crippen LogP contribution in [0.5, 0.6) is 0 Å². The van der Waals surface area contributed by atoms with E-state index in [2.05, 4.69) is 33.6 Å². The van der Waals surface area contributed by atoms with Gasteiger partial charge in [0, 0.05) is 18.2 Å². The first-order chi connectivity index (χ1) is 16.6. The van der Waals surface area contributed by atoms with Crippen LogP contribution >= 0.6 is 0 Å². The molecule has 0 saturated heterocycles. The van der Waals surface area contributed by atoms with Gasteiger partial charge < -0.3 is 25.2 Å². The average molecular weight is 503 g/mol. The largest absolute Gasteiger partial charge is 0.478 e. The molecule has 0 aromatic carbocycles. The van der Waals surface area contributed by atoms with Gasteiger partial charge in [0.1, 0.15) is 0 Å². The topological polar surface area (TPSA) is 141 Å². The van der Waals surface area contributed by atoms with Crippen molar-refractivity contribution in [2.24, 2.45) is 0 Å². The number of aliphatic hydroxyl groups is 2. The maximum absolute atomic E-state index is 10.7. The fourth-order valence-electron chi connectivity index (χ4n) is 2.40. The summed E-state index contributed by atoms with van der Waals surface area (Å²) in [5, 5.41) is 31.9. The summed E-state index contributed by atoms with van der Waals surface area (Å²) in [6, 6.07) is 0. The van der Waals surface area contributed by atoms with Gasteiger partial charge in [-0.1, -0.05) is 104 Å². The molecule has 0 rings (SSSR count). The lowest BCUT2D eigenvalue weighted by atomic mass is 10.1. The monoisotopic (exact) mass is 502 g/mol. The zero-order chi connectivity index (χ0) is 27.7. The Balaban J connectivity index is -0.000000219. The lowest BCUT2D eigenvalue weighted by molar-refractivity contribution is -0.138. The van der Waals surface area contributed by atoms with Gasteiger partial charge in [0.15, 0.2) is 6.29 Å². The molecule has 0 aliphatic carbocycles. The van der Waals surface area contributed by atoms with Gasteiger partial charge in [0.2, 0.25) is 0 Å². The number of hydrogen-bond donors (Lipinski definition) is 4. The first-order valence-corrected chi connectivity index (χ1v) is 12.5. The van der Waals surface area contributed by atoms with Crippen LogP contribution < -0.4 is 0 Å². The number of ether oxygens (including phenoxy) is 1. The van der Waals surface area contributed by atoms with E-state index < -0.39 is 18.2 Å². The van der Waals surface area contributed by atoms with E-state index in [0.29, 0.717) is 13.0 Å². The van der Waals surface area contributed by atoms with Crippen molar-refractivity contribution in [3.8, 4) is 0 Å². The standard InChI is InChI=1S/C15H28O2.C6H14O2.2C3H4O2/c1-3-5-6-7-8-9-10-11-12-13-14-17-15(16)4-2;1-2-3-4-5-6(7)8;2*1-2-3(4)5/h4H,2-3,5-14H2,1H3;6-8H,2-5H2,1H3;2*2H,1H2,(H,4,5). The summed E-state index contributed by atoms with van der Waals surface area (Å²) in [5.41, 5.74) is 0. The Hall–Kier alpha value is -2.45. The van der Waals surface area contributed by atoms with Crippen LogP contribution in [0.3, 0.4) is 0 Å². The average Bonchev–Trinajstić information content (AvgIpc) is 2.83. The minimum atomic E-state index is -1.10. The van der Waals surface area contributed by atoms with Crippen LogP contribution in [-0.4, -0.2) is 51.2 Å². The quantitative estimate of drug-likeness (QED) is 0.0770. The molecule has 206 valence electrons. The van der Waals surface area contributed by atoms with Gasteiger partial charge in [0.05, 0.1) is 6.61 Å². The Bertz CT molecular complexity index is 497. The number of unbranched alkanes of at least 4 members (excludes halogenated alkanes) is 11. The highest BCUT2D eigenvalue weighted by Gasteiger charge is 1.96. The minimum Gasteiger partial charge on any atom is -0.478 e. The Morgan fingerprint density at radius 2 is 1.00 bits per heavy atom. The molecule has 0 aliphatic rings. The molecular weight excluding hydrogens is 452 g/mol. The van der Waals surface area contributed by atoms with Crippen LogP contribution in [0.2, 0.25) is 0 Å². The Kier molecular flexibility index (Phi) is 41.0. The van der Waals surface area contributed by atoms with Crippen LogP contribution in [0.1, 0.15) is 104 Å². The number of aliphatic carboxylic acids is 2. The molecule has 35 heavy (non-hydrogen) atoms. The highest BCUT2D eigenvalue weighted by molar-refractivity contribution is 5.81. The van der Waals surface area contributed by atoms with E-state index in [9.17, 15) is 14.4 Å². The molecule has 0 radical (unpaired) electrons. The summed E-state index contributed by atoms with van der Waals surface area (Å²) in [6.07, 6.45) is 18.4. The number of carboxylic acids is 2. The molecule has 0 saturated carbocycles. The highest BCUT2D eigenvalue weighted by Crippen LogP contribution is 2.10. The summed E-state index contributed by atoms with van der Waals surface area (Å²) in [5.74, 6) is -2.27. The van der Waals surface area contributed by atoms with Crippen molar-refractivity contribution in [1.82, 2.24) is 0 Å². The predicted octanol–water partition coefficient (Wildman–Crippen LogP) is 6.03. The maximum atomic E-state index is 10.7. The number of esters is 1. The van der Waals surface area contributed by atoms with Gasteiger partial charge in [0.25, 0.3) is 0 Å². The van der Waals surface area contributed by atoms with E-state index in [4.69, 9.17) is 25.2 Å². The SMILES string of the molecule is C=CC(=O)O.C=CC(=O)O.C=CC(=O)OCCCCCCCCCCCC.CCCCCC(O)O. The first-order valence-electron chi connectivity index (χ1n) is 12.5. The third-order valence-electron chi connectivity index (χ3n) is 4.32. The lowest BCUT2D eigenvalue weighted by Crippen LogP contribution is -2.02. The number of carbonyl (C=O) groups is 3. The molecule has 0 amide bonds. The van der Waals surface area contributed by atoms with Crippen molar-refractivity contribution in [3.63, 3.8) is 0 Å². The third kappa shape index (κ3) is 59.3. The van der Waals surface area contributed by atoms with Crippen molar-refractivity contribution in [2.75, 3.05) is 6.61 Å². The van der Waals surface area contributed by atoms with E-state index in [1.807, 2.05) is 0 Å². The van der Waals surface area contributed by atoms with Crippen molar-refractivity contribution in [2.45, 2.75) is 110 Å². The summed E-state index contributed by atoms with van der Waals surface area (Å²) in [7, 11) is 0. The van der Waals surface area contributed by atoms with Crippen molar-refractivity contribution < 1.29 is 39.5 Å². The van der Waals surface area contributed by atoms with Crippen LogP contribution in [-0.2, 0) is 19.1 Å². The summed E-state index contributed by atoms with van der Waals surface area (Å²) in [6.45, 7) is 14.2. The number of carbonyl (C=O) groups excluding carboxylic acids is 1. The second kappa shape index (κ2) is 36.1. The molecule has 0 aromatic rings. The molecule has 4 N–H and O–H groups in total. The fourth-order valence-corrected chi connectivity index (χ4v) is 2.40. The number of carboxylic acid groups (broad SMARTS) is 2. The molecule has 8 heteroatoms. The van der Waals surface area contributed by atoms with Crippen molar-refractivity contribution in [3.05, 3.63) is 38.0 Å². The van der Waals surface area contributed by atoms with Crippen LogP contribution in [0.15, 0.2) is 38.0 Å². The van der Waals surface area contributed by atoms with E-state index >= 15 is 0 Å². The second-order valence-electron chi connectivity index (χ2n) is 7.61. The van der Waals surface area contributed by atoms with Crippen LogP contribution in [0.25, 0.3) is 0 Å². The second-order valence-corrected chi connectivity index (χ2v) is 7.61. The predicted molar refractivity (Wildman–Crippen MR) is 141 cm³/mol. The number of hydrogen-bond acceptors (Lipinski definition) is 6. The molecule has 0 aromatic heterocycles. The summed E-state index contributed by atoms with van der Waals surface area (Å²) >= 11 is 0. The smallest absolute Gasteiger partial charge is 0.330 e. The normalized spacial score (nSPS) is 9.17. The summed E-state index contributed by atoms with van der Waals surface area (Å²) in [4.78, 5) is 29.2. The van der Waals surface area contributed by atoms with Gasteiger partial charge >= 0.3 is 17.9 Å². The minimum absolute atomic E-state index is 0.305. The molecule has 0 atom stereocenters. The summed E-state index contributed by atoms with van der Waals surface area (Å²) < 4.78 is 4.91. The van der Waals surface area contributed by atoms with Gasteiger partial charge in [-0.05, 0) is 19.3 Å². The van der Waals surface area contributed by atoms with Gasteiger partial charge in [-0.3, -0.25) is 0 Å². The van der Waals surface area contributed by atoms with E-state index in [0.717, 1.165) is 37.8 Å². The van der Waals surface area contributed by atoms with Gasteiger partial charge in [-0.15, -0.1) is 0 Å². The first kappa shape index (κ1) is 39.8. The Morgan fingerprint density at radius 3 is 1.31 bits per heavy atom. The molecule has 0 spiro atoms. The number of rotatable bonds is 18. The van der Waals surface area contributed by atoms with E-state index in [1.165, 1.54) is 63.9 Å². The molecule has 0 aliphatic heterocycles. The third-order valence-corrected chi connectivity index (χ3v) is 4.32. The van der Waals surface area contributed by atoms with E-state index in [-0.39, 0.29) is 5.97 Å². The zero-order valence-electron chi connectivity index (χ0n) is 22.0. The molecular formula is C27H50O8. The van der Waals surface area contributed by atoms with Crippen molar-refractivity contribution in [1.29, 1.82) is 0 Å². The fraction of sp³-hybridized carbons (Fsp3) is 0.667. The zero-order valence-corrected chi connectivity index (χ0v) is 22.0. The van der Waals surface area contributed by atoms with Crippen LogP contribution in [0.4, 0.5) is 0 Å². The lowest BCUT2D eigenvalue weighted by Gasteiger charge is -2.03. The molecule has 8 nitrogen and oxygen atoms in total. The molecule has 0 unspecified atom stereocenters. The van der Waals surface area contributed by atoms with Crippen molar-refractivity contribution >= 4 is 17.9 Å². The van der Waals surface area contributed by atoms with Crippen LogP contribution in [0, 0.1) is 0 Å². The molecule has 0 fully saturated rings. The van der Waals surface area contributed by atoms with Gasteiger partial charge in [-0.2, -0.15) is 0 Å².